The van der Waals surface area contributed by atoms with Crippen molar-refractivity contribution in [3.8, 4) is 11.4 Å². The monoisotopic (exact) mass is 318 g/mol. The van der Waals surface area contributed by atoms with E-state index in [2.05, 4.69) is 23.3 Å². The Bertz CT molecular complexity index is 831. The van der Waals surface area contributed by atoms with Gasteiger partial charge < -0.3 is 5.32 Å². The molecule has 4 rings (SSSR count). The number of benzene rings is 1. The van der Waals surface area contributed by atoms with Crippen LogP contribution in [0.3, 0.4) is 0 Å². The second-order valence-corrected chi connectivity index (χ2v) is 6.77. The lowest BCUT2D eigenvalue weighted by atomic mass is 9.87. The number of rotatable bonds is 3. The lowest BCUT2D eigenvalue weighted by Crippen LogP contribution is -2.26. The van der Waals surface area contributed by atoms with Crippen molar-refractivity contribution in [2.24, 2.45) is 5.92 Å². The minimum Gasteiger partial charge on any atom is -0.367 e. The van der Waals surface area contributed by atoms with Crippen LogP contribution in [0.2, 0.25) is 0 Å². The first kappa shape index (κ1) is 15.1. The number of hydrogen-bond acceptors (Lipinski definition) is 4. The Morgan fingerprint density at radius 1 is 1.04 bits per heavy atom. The van der Waals surface area contributed by atoms with Crippen molar-refractivity contribution in [1.29, 1.82) is 0 Å². The zero-order chi connectivity index (χ0) is 16.4. The molecule has 4 nitrogen and oxygen atoms in total. The quantitative estimate of drug-likeness (QED) is 0.761. The fourth-order valence-corrected chi connectivity index (χ4v) is 3.57. The van der Waals surface area contributed by atoms with E-state index in [4.69, 9.17) is 9.97 Å². The van der Waals surface area contributed by atoms with Crippen LogP contribution in [0.5, 0.6) is 0 Å². The van der Waals surface area contributed by atoms with Crippen molar-refractivity contribution in [3.63, 3.8) is 0 Å². The summed E-state index contributed by atoms with van der Waals surface area (Å²) in [6.45, 7) is 2.34. The summed E-state index contributed by atoms with van der Waals surface area (Å²) >= 11 is 0. The second kappa shape index (κ2) is 6.56. The molecule has 1 fully saturated rings. The first-order valence-corrected chi connectivity index (χ1v) is 8.73. The van der Waals surface area contributed by atoms with Gasteiger partial charge in [-0.15, -0.1) is 0 Å². The van der Waals surface area contributed by atoms with Gasteiger partial charge in [-0.25, -0.2) is 9.97 Å². The fraction of sp³-hybridized carbons (Fsp3) is 0.350. The number of nitrogens with one attached hydrogen (secondary N) is 1. The largest absolute Gasteiger partial charge is 0.367 e. The maximum Gasteiger partial charge on any atom is 0.163 e. The van der Waals surface area contributed by atoms with Crippen LogP contribution in [0.25, 0.3) is 22.3 Å². The van der Waals surface area contributed by atoms with Crippen molar-refractivity contribution >= 4 is 16.7 Å². The van der Waals surface area contributed by atoms with Gasteiger partial charge in [-0.2, -0.15) is 0 Å². The maximum atomic E-state index is 4.83. The minimum atomic E-state index is 0.494. The Balaban J connectivity index is 1.75. The van der Waals surface area contributed by atoms with E-state index in [1.54, 1.807) is 6.20 Å². The lowest BCUT2D eigenvalue weighted by molar-refractivity contribution is 0.358. The summed E-state index contributed by atoms with van der Waals surface area (Å²) in [5.41, 5.74) is 1.92. The molecule has 1 aliphatic carbocycles. The molecule has 24 heavy (non-hydrogen) atoms. The number of pyridine rings is 1. The summed E-state index contributed by atoms with van der Waals surface area (Å²) in [6.07, 6.45) is 8.64. The van der Waals surface area contributed by atoms with Gasteiger partial charge in [0, 0.05) is 29.4 Å². The number of anilines is 1. The number of para-hydroxylation sites is 1. The van der Waals surface area contributed by atoms with Gasteiger partial charge in [-0.3, -0.25) is 4.98 Å². The molecule has 0 saturated heterocycles. The molecule has 1 saturated carbocycles. The third kappa shape index (κ3) is 3.09. The lowest BCUT2D eigenvalue weighted by Gasteiger charge is -2.28. The van der Waals surface area contributed by atoms with E-state index in [1.165, 1.54) is 25.7 Å². The van der Waals surface area contributed by atoms with E-state index in [1.807, 2.05) is 36.5 Å². The van der Waals surface area contributed by atoms with Gasteiger partial charge >= 0.3 is 0 Å². The van der Waals surface area contributed by atoms with Gasteiger partial charge in [-0.1, -0.05) is 31.9 Å². The molecule has 1 N–H and O–H groups in total. The average Bonchev–Trinajstić information content (AvgIpc) is 2.62. The van der Waals surface area contributed by atoms with E-state index in [0.29, 0.717) is 6.04 Å². The van der Waals surface area contributed by atoms with E-state index in [-0.39, 0.29) is 0 Å². The molecule has 0 bridgehead atoms. The van der Waals surface area contributed by atoms with Gasteiger partial charge in [0.2, 0.25) is 0 Å². The Morgan fingerprint density at radius 2 is 1.96 bits per heavy atom. The van der Waals surface area contributed by atoms with Crippen molar-refractivity contribution < 1.29 is 0 Å². The number of aromatic nitrogens is 3. The molecule has 0 spiro atoms. The van der Waals surface area contributed by atoms with Gasteiger partial charge in [-0.05, 0) is 43.0 Å². The molecule has 1 aliphatic rings. The average molecular weight is 318 g/mol. The summed E-state index contributed by atoms with van der Waals surface area (Å²) in [6, 6.07) is 12.6. The molecule has 122 valence electrons. The van der Waals surface area contributed by atoms with Crippen molar-refractivity contribution in [2.75, 3.05) is 5.32 Å². The van der Waals surface area contributed by atoms with Crippen molar-refractivity contribution in [2.45, 2.75) is 38.6 Å². The third-order valence-electron chi connectivity index (χ3n) is 4.80. The molecular formula is C20H22N4. The zero-order valence-electron chi connectivity index (χ0n) is 13.9. The normalized spacial score (nSPS) is 20.9. The number of hydrogen-bond donors (Lipinski definition) is 1. The van der Waals surface area contributed by atoms with E-state index in [9.17, 15) is 0 Å². The highest BCUT2D eigenvalue weighted by Gasteiger charge is 2.20. The Kier molecular flexibility index (Phi) is 4.11. The molecule has 1 aromatic carbocycles. The molecule has 2 aromatic heterocycles. The number of nitrogens with zero attached hydrogens (tertiary/aromatic N) is 3. The summed E-state index contributed by atoms with van der Waals surface area (Å²) in [5, 5.41) is 4.78. The van der Waals surface area contributed by atoms with E-state index < -0.39 is 0 Å². The highest BCUT2D eigenvalue weighted by Crippen LogP contribution is 2.29. The van der Waals surface area contributed by atoms with Crippen LogP contribution >= 0.6 is 0 Å². The van der Waals surface area contributed by atoms with Crippen LogP contribution in [-0.2, 0) is 0 Å². The first-order chi connectivity index (χ1) is 11.8. The smallest absolute Gasteiger partial charge is 0.163 e. The Hall–Kier alpha value is -2.49. The topological polar surface area (TPSA) is 50.7 Å². The minimum absolute atomic E-state index is 0.494. The summed E-state index contributed by atoms with van der Waals surface area (Å²) in [5.74, 6) is 2.45. The van der Waals surface area contributed by atoms with Crippen molar-refractivity contribution in [1.82, 2.24) is 15.0 Å². The van der Waals surface area contributed by atoms with Gasteiger partial charge in [0.25, 0.3) is 0 Å². The van der Waals surface area contributed by atoms with Crippen LogP contribution in [0.1, 0.15) is 32.6 Å². The fourth-order valence-electron chi connectivity index (χ4n) is 3.57. The SMILES string of the molecule is CC1CCCC(Nc2nc(-c3cccnc3)nc3ccccc23)C1. The summed E-state index contributed by atoms with van der Waals surface area (Å²) in [7, 11) is 0. The maximum absolute atomic E-state index is 4.83. The second-order valence-electron chi connectivity index (χ2n) is 6.77. The highest BCUT2D eigenvalue weighted by atomic mass is 15.1. The third-order valence-corrected chi connectivity index (χ3v) is 4.80. The van der Waals surface area contributed by atoms with Crippen molar-refractivity contribution in [3.05, 3.63) is 48.8 Å². The van der Waals surface area contributed by atoms with Crippen LogP contribution < -0.4 is 5.32 Å². The molecule has 0 radical (unpaired) electrons. The molecule has 4 heteroatoms. The Labute approximate surface area is 142 Å². The zero-order valence-corrected chi connectivity index (χ0v) is 13.9. The van der Waals surface area contributed by atoms with E-state index >= 15 is 0 Å². The molecule has 2 atom stereocenters. The predicted octanol–water partition coefficient (Wildman–Crippen LogP) is 4.68. The summed E-state index contributed by atoms with van der Waals surface area (Å²) < 4.78 is 0. The molecular weight excluding hydrogens is 296 g/mol. The molecule has 2 heterocycles. The van der Waals surface area contributed by atoms with Gasteiger partial charge in [0.15, 0.2) is 5.82 Å². The van der Waals surface area contributed by atoms with Crippen LogP contribution in [0.4, 0.5) is 5.82 Å². The molecule has 0 amide bonds. The Morgan fingerprint density at radius 3 is 2.79 bits per heavy atom. The summed E-state index contributed by atoms with van der Waals surface area (Å²) in [4.78, 5) is 13.7. The van der Waals surface area contributed by atoms with Crippen LogP contribution in [0.15, 0.2) is 48.8 Å². The van der Waals surface area contributed by atoms with Gasteiger partial charge in [0.1, 0.15) is 5.82 Å². The number of fused-ring (bicyclic) bond motifs is 1. The molecule has 3 aromatic rings. The molecule has 0 aliphatic heterocycles. The van der Waals surface area contributed by atoms with Gasteiger partial charge in [0.05, 0.1) is 5.52 Å². The van der Waals surface area contributed by atoms with Crippen LogP contribution in [0, 0.1) is 5.92 Å². The highest BCUT2D eigenvalue weighted by molar-refractivity contribution is 5.90. The standard InChI is InChI=1S/C20H22N4/c1-14-6-4-8-16(12-14)22-20-17-9-2-3-10-18(17)23-19(24-20)15-7-5-11-21-13-15/h2-3,5,7,9-11,13-14,16H,4,6,8,12H2,1H3,(H,22,23,24). The molecule has 2 unspecified atom stereocenters. The van der Waals surface area contributed by atoms with Crippen LogP contribution in [-0.4, -0.2) is 21.0 Å². The first-order valence-electron chi connectivity index (χ1n) is 8.73. The van der Waals surface area contributed by atoms with E-state index in [0.717, 1.165) is 34.0 Å². The predicted molar refractivity (Wildman–Crippen MR) is 97.8 cm³/mol.